The number of amides is 1. The first-order valence-corrected chi connectivity index (χ1v) is 9.22. The van der Waals surface area contributed by atoms with Gasteiger partial charge in [-0.05, 0) is 37.0 Å². The van der Waals surface area contributed by atoms with E-state index in [4.69, 9.17) is 13.9 Å². The number of ether oxygens (including phenoxy) is 2. The number of methoxy groups -OCH3 is 1. The number of benzene rings is 1. The lowest BCUT2D eigenvalue weighted by atomic mass is 10.0. The predicted octanol–water partition coefficient (Wildman–Crippen LogP) is 3.12. The van der Waals surface area contributed by atoms with Crippen molar-refractivity contribution in [3.8, 4) is 0 Å². The lowest BCUT2D eigenvalue weighted by molar-refractivity contribution is -0.141. The fourth-order valence-electron chi connectivity index (χ4n) is 3.28. The number of likely N-dealkylation sites (tertiary alicyclic amines) is 1. The number of hydrogen-bond donors (Lipinski definition) is 0. The van der Waals surface area contributed by atoms with Crippen molar-refractivity contribution in [1.82, 2.24) is 9.88 Å². The predicted molar refractivity (Wildman–Crippen MR) is 96.7 cm³/mol. The molecule has 0 bridgehead atoms. The highest BCUT2D eigenvalue weighted by Gasteiger charge is 2.31. The van der Waals surface area contributed by atoms with Crippen molar-refractivity contribution < 1.29 is 23.1 Å². The van der Waals surface area contributed by atoms with Crippen LogP contribution in [0, 0.1) is 5.82 Å². The van der Waals surface area contributed by atoms with Crippen LogP contribution >= 0.6 is 0 Å². The van der Waals surface area contributed by atoms with E-state index >= 15 is 0 Å². The lowest BCUT2D eigenvalue weighted by Gasteiger charge is -2.33. The number of carbonyl (C=O) groups excluding carboxylic acids is 1. The Kier molecular flexibility index (Phi) is 6.95. The molecule has 1 fully saturated rings. The van der Waals surface area contributed by atoms with Gasteiger partial charge in [-0.2, -0.15) is 0 Å². The van der Waals surface area contributed by atoms with Gasteiger partial charge in [0.15, 0.2) is 0 Å². The minimum Gasteiger partial charge on any atom is -0.443 e. The Hall–Kier alpha value is -2.25. The normalized spacial score (nSPS) is 17.3. The van der Waals surface area contributed by atoms with Gasteiger partial charge in [0.2, 0.25) is 11.8 Å². The van der Waals surface area contributed by atoms with Crippen LogP contribution in [0.5, 0.6) is 0 Å². The molecule has 0 saturated carbocycles. The van der Waals surface area contributed by atoms with E-state index in [1.807, 2.05) is 6.07 Å². The molecule has 27 heavy (non-hydrogen) atoms. The lowest BCUT2D eigenvalue weighted by Crippen LogP contribution is -2.40. The molecule has 1 amide bonds. The summed E-state index contributed by atoms with van der Waals surface area (Å²) in [4.78, 5) is 18.7. The number of carbonyl (C=O) groups is 1. The first-order valence-electron chi connectivity index (χ1n) is 9.22. The highest BCUT2D eigenvalue weighted by molar-refractivity contribution is 5.78. The van der Waals surface area contributed by atoms with Crippen molar-refractivity contribution in [3.05, 3.63) is 53.5 Å². The second-order valence-corrected chi connectivity index (χ2v) is 6.62. The van der Waals surface area contributed by atoms with Gasteiger partial charge in [0.1, 0.15) is 24.2 Å². The zero-order valence-electron chi connectivity index (χ0n) is 15.5. The van der Waals surface area contributed by atoms with Crippen LogP contribution in [0.15, 0.2) is 34.9 Å². The third kappa shape index (κ3) is 5.37. The number of hydrogen-bond acceptors (Lipinski definition) is 5. The minimum absolute atomic E-state index is 0.0245. The van der Waals surface area contributed by atoms with Crippen LogP contribution in [0.25, 0.3) is 0 Å². The van der Waals surface area contributed by atoms with Crippen LogP contribution in [-0.2, 0) is 20.7 Å². The molecule has 0 radical (unpaired) electrons. The SMILES string of the molecule is COCCOCC(=O)N1CCCC[C@@H]1c1ncc(Cc2cccc(F)c2)o1. The van der Waals surface area contributed by atoms with Crippen LogP contribution in [0.3, 0.4) is 0 Å². The zero-order valence-corrected chi connectivity index (χ0v) is 15.5. The van der Waals surface area contributed by atoms with Crippen LogP contribution < -0.4 is 0 Å². The number of oxazole rings is 1. The molecule has 6 nitrogen and oxygen atoms in total. The van der Waals surface area contributed by atoms with Gasteiger partial charge < -0.3 is 18.8 Å². The summed E-state index contributed by atoms with van der Waals surface area (Å²) in [7, 11) is 1.59. The number of aromatic nitrogens is 1. The Bertz CT molecular complexity index is 749. The third-order valence-electron chi connectivity index (χ3n) is 4.60. The summed E-state index contributed by atoms with van der Waals surface area (Å²) >= 11 is 0. The molecular formula is C20H25FN2O4. The Morgan fingerprint density at radius 3 is 3.07 bits per heavy atom. The van der Waals surface area contributed by atoms with E-state index < -0.39 is 0 Å². The molecule has 0 spiro atoms. The monoisotopic (exact) mass is 376 g/mol. The largest absolute Gasteiger partial charge is 0.443 e. The molecule has 1 aliphatic rings. The molecule has 0 unspecified atom stereocenters. The molecule has 3 rings (SSSR count). The molecule has 1 atom stereocenters. The van der Waals surface area contributed by atoms with Crippen molar-refractivity contribution in [2.24, 2.45) is 0 Å². The number of halogens is 1. The third-order valence-corrected chi connectivity index (χ3v) is 4.60. The van der Waals surface area contributed by atoms with Gasteiger partial charge in [-0.15, -0.1) is 0 Å². The summed E-state index contributed by atoms with van der Waals surface area (Å²) in [5.74, 6) is 0.849. The highest BCUT2D eigenvalue weighted by atomic mass is 19.1. The second kappa shape index (κ2) is 9.62. The topological polar surface area (TPSA) is 64.8 Å². The van der Waals surface area contributed by atoms with Crippen molar-refractivity contribution in [2.75, 3.05) is 33.5 Å². The molecule has 146 valence electrons. The summed E-state index contributed by atoms with van der Waals surface area (Å²) < 4.78 is 29.5. The van der Waals surface area contributed by atoms with Crippen molar-refractivity contribution in [2.45, 2.75) is 31.7 Å². The van der Waals surface area contributed by atoms with E-state index in [1.54, 1.807) is 24.3 Å². The highest BCUT2D eigenvalue weighted by Crippen LogP contribution is 2.31. The quantitative estimate of drug-likeness (QED) is 0.663. The molecule has 1 aliphatic heterocycles. The van der Waals surface area contributed by atoms with Crippen LogP contribution in [0.1, 0.15) is 42.5 Å². The molecule has 2 heterocycles. The summed E-state index contributed by atoms with van der Waals surface area (Å²) in [6.07, 6.45) is 4.90. The van der Waals surface area contributed by atoms with Crippen molar-refractivity contribution in [1.29, 1.82) is 0 Å². The average molecular weight is 376 g/mol. The van der Waals surface area contributed by atoms with Gasteiger partial charge in [0.25, 0.3) is 0 Å². The van der Waals surface area contributed by atoms with Crippen molar-refractivity contribution >= 4 is 5.91 Å². The first-order chi connectivity index (χ1) is 13.2. The second-order valence-electron chi connectivity index (χ2n) is 6.62. The summed E-state index contributed by atoms with van der Waals surface area (Å²) in [5, 5.41) is 0. The maximum atomic E-state index is 13.3. The molecule has 1 aromatic heterocycles. The molecule has 0 N–H and O–H groups in total. The Balaban J connectivity index is 1.64. The van der Waals surface area contributed by atoms with Crippen LogP contribution in [-0.4, -0.2) is 49.3 Å². The molecule has 2 aromatic rings. The Morgan fingerprint density at radius 2 is 2.26 bits per heavy atom. The van der Waals surface area contributed by atoms with E-state index in [2.05, 4.69) is 4.98 Å². The standard InChI is InChI=1S/C20H25FN2O4/c1-25-9-10-26-14-19(24)23-8-3-2-7-18(23)20-22-13-17(27-20)12-15-5-4-6-16(21)11-15/h4-6,11,13,18H,2-3,7-10,12,14H2,1H3/t18-/m1/s1. The van der Waals surface area contributed by atoms with Gasteiger partial charge in [-0.3, -0.25) is 4.79 Å². The van der Waals surface area contributed by atoms with E-state index in [1.165, 1.54) is 12.1 Å². The van der Waals surface area contributed by atoms with Crippen LogP contribution in [0.2, 0.25) is 0 Å². The van der Waals surface area contributed by atoms with E-state index in [0.717, 1.165) is 24.8 Å². The summed E-state index contributed by atoms with van der Waals surface area (Å²) in [5.41, 5.74) is 0.820. The van der Waals surface area contributed by atoms with E-state index in [-0.39, 0.29) is 24.4 Å². The van der Waals surface area contributed by atoms with Crippen molar-refractivity contribution in [3.63, 3.8) is 0 Å². The van der Waals surface area contributed by atoms with Gasteiger partial charge >= 0.3 is 0 Å². The summed E-state index contributed by atoms with van der Waals surface area (Å²) in [6, 6.07) is 6.23. The average Bonchev–Trinajstić information content (AvgIpc) is 3.13. The Morgan fingerprint density at radius 1 is 1.37 bits per heavy atom. The molecule has 7 heteroatoms. The molecule has 0 aliphatic carbocycles. The van der Waals surface area contributed by atoms with E-state index in [0.29, 0.717) is 37.8 Å². The summed E-state index contributed by atoms with van der Waals surface area (Å²) in [6.45, 7) is 1.53. The maximum absolute atomic E-state index is 13.3. The van der Waals surface area contributed by atoms with Crippen LogP contribution in [0.4, 0.5) is 4.39 Å². The molecule has 1 saturated heterocycles. The number of nitrogens with zero attached hydrogens (tertiary/aromatic N) is 2. The number of rotatable bonds is 8. The van der Waals surface area contributed by atoms with Gasteiger partial charge in [0.05, 0.1) is 19.4 Å². The van der Waals surface area contributed by atoms with E-state index in [9.17, 15) is 9.18 Å². The fourth-order valence-corrected chi connectivity index (χ4v) is 3.28. The van der Waals surface area contributed by atoms with Gasteiger partial charge in [-0.1, -0.05) is 12.1 Å². The zero-order chi connectivity index (χ0) is 19.1. The maximum Gasteiger partial charge on any atom is 0.249 e. The fraction of sp³-hybridized carbons (Fsp3) is 0.500. The molecular weight excluding hydrogens is 351 g/mol. The Labute approximate surface area is 158 Å². The smallest absolute Gasteiger partial charge is 0.249 e. The number of piperidine rings is 1. The first kappa shape index (κ1) is 19.5. The van der Waals surface area contributed by atoms with Gasteiger partial charge in [0, 0.05) is 20.1 Å². The minimum atomic E-state index is -0.273. The molecule has 1 aromatic carbocycles. The van der Waals surface area contributed by atoms with Gasteiger partial charge in [-0.25, -0.2) is 9.37 Å².